The van der Waals surface area contributed by atoms with Crippen molar-refractivity contribution in [1.82, 2.24) is 4.98 Å². The molecule has 1 aliphatic carbocycles. The zero-order valence-electron chi connectivity index (χ0n) is 28.5. The number of hydrogen-bond donors (Lipinski definition) is 1. The van der Waals surface area contributed by atoms with E-state index in [0.717, 1.165) is 24.1 Å². The third kappa shape index (κ3) is 9.47. The Kier molecular flexibility index (Phi) is 12.9. The molecule has 3 nitrogen and oxygen atoms in total. The minimum absolute atomic E-state index is 0. The smallest absolute Gasteiger partial charge is 0.159 e. The summed E-state index contributed by atoms with van der Waals surface area (Å²) in [5.74, 6) is 2.23. The van der Waals surface area contributed by atoms with Crippen molar-refractivity contribution in [3.05, 3.63) is 89.3 Å². The summed E-state index contributed by atoms with van der Waals surface area (Å²) in [5, 5.41) is 11.9. The molecular weight excluding hydrogens is 731 g/mol. The summed E-state index contributed by atoms with van der Waals surface area (Å²) in [5.41, 5.74) is 11.4. The SMILES string of the molecule is CC(C)CC(=O)/C=C(\O)CC(C)C.Cc1c[c-]c2c(c1)-c1cc(CC(C)C)ccc1-c1cc(CC(C)C)cc3ccnc-2c13.[Ir]. The van der Waals surface area contributed by atoms with Crippen LogP contribution in [0.4, 0.5) is 0 Å². The summed E-state index contributed by atoms with van der Waals surface area (Å²) in [6, 6.07) is 22.0. The molecule has 0 unspecified atom stereocenters. The third-order valence-corrected chi connectivity index (χ3v) is 7.75. The van der Waals surface area contributed by atoms with Gasteiger partial charge in [-0.05, 0) is 81.3 Å². The third-order valence-electron chi connectivity index (χ3n) is 7.75. The summed E-state index contributed by atoms with van der Waals surface area (Å²) >= 11 is 0. The van der Waals surface area contributed by atoms with Gasteiger partial charge in [0.1, 0.15) is 0 Å². The van der Waals surface area contributed by atoms with E-state index in [1.165, 1.54) is 55.8 Å². The van der Waals surface area contributed by atoms with Crippen LogP contribution in [-0.4, -0.2) is 15.9 Å². The number of carbonyl (C=O) groups is 1. The van der Waals surface area contributed by atoms with Crippen LogP contribution in [0.1, 0.15) is 84.9 Å². The molecule has 0 atom stereocenters. The first-order chi connectivity index (χ1) is 20.8. The van der Waals surface area contributed by atoms with Crippen molar-refractivity contribution in [2.24, 2.45) is 23.7 Å². The molecule has 45 heavy (non-hydrogen) atoms. The molecule has 0 saturated carbocycles. The van der Waals surface area contributed by atoms with Gasteiger partial charge in [-0.3, -0.25) is 4.79 Å². The summed E-state index contributed by atoms with van der Waals surface area (Å²) in [4.78, 5) is 16.1. The Morgan fingerprint density at radius 2 is 1.42 bits per heavy atom. The number of carbonyl (C=O) groups excluding carboxylic acids is 1. The molecule has 3 aromatic carbocycles. The number of benzene rings is 3. The normalized spacial score (nSPS) is 12.1. The number of aromatic nitrogens is 1. The first-order valence-corrected chi connectivity index (χ1v) is 16.3. The van der Waals surface area contributed by atoms with Gasteiger partial charge in [0, 0.05) is 45.2 Å². The van der Waals surface area contributed by atoms with Crippen LogP contribution in [0.2, 0.25) is 0 Å². The van der Waals surface area contributed by atoms with Crippen LogP contribution in [-0.2, 0) is 37.7 Å². The Labute approximate surface area is 284 Å². The standard InChI is InChI=1S/C30H30N.C11H20O2.Ir/c1-18(2)12-21-7-9-24-27(16-21)26-14-20(5)6-8-25(26)30-29-23(10-11-31-30)15-22(13-19(3)4)17-28(24)29;1-8(2)5-10(12)7-11(13)6-9(3)4;/h6-7,9-11,14-19H,12-13H2,1-5H3;7-9,12H,5-6H2,1-4H3;/q-1;;/b;10-7-;. The van der Waals surface area contributed by atoms with Gasteiger partial charge in [0.05, 0.1) is 5.76 Å². The molecule has 0 spiro atoms. The van der Waals surface area contributed by atoms with E-state index in [0.29, 0.717) is 36.5 Å². The minimum atomic E-state index is 0. The fraction of sp³-hybridized carbons (Fsp3) is 0.415. The molecule has 1 aliphatic rings. The fourth-order valence-corrected chi connectivity index (χ4v) is 6.16. The number of ketones is 1. The number of pyridine rings is 1. The molecule has 1 heterocycles. The topological polar surface area (TPSA) is 50.2 Å². The minimum Gasteiger partial charge on any atom is -0.512 e. The Morgan fingerprint density at radius 1 is 0.778 bits per heavy atom. The van der Waals surface area contributed by atoms with E-state index >= 15 is 0 Å². The zero-order valence-corrected chi connectivity index (χ0v) is 30.9. The van der Waals surface area contributed by atoms with Gasteiger partial charge in [0.2, 0.25) is 0 Å². The number of aryl methyl sites for hydroxylation is 1. The predicted octanol–water partition coefficient (Wildman–Crippen LogP) is 11.1. The second-order valence-electron chi connectivity index (χ2n) is 14.2. The number of nitrogens with zero attached hydrogens (tertiary/aromatic N) is 1. The second kappa shape index (κ2) is 16.0. The summed E-state index contributed by atoms with van der Waals surface area (Å²) in [7, 11) is 0. The number of fused-ring (bicyclic) bond motifs is 5. The van der Waals surface area contributed by atoms with Gasteiger partial charge in [0.15, 0.2) is 5.78 Å². The van der Waals surface area contributed by atoms with Gasteiger partial charge < -0.3 is 10.1 Å². The van der Waals surface area contributed by atoms with Crippen LogP contribution < -0.4 is 0 Å². The fourth-order valence-electron chi connectivity index (χ4n) is 6.16. The molecule has 0 saturated heterocycles. The Hall–Kier alpha value is -3.07. The van der Waals surface area contributed by atoms with Crippen molar-refractivity contribution in [3.8, 4) is 33.5 Å². The van der Waals surface area contributed by atoms with Crippen LogP contribution >= 0.6 is 0 Å². The predicted molar refractivity (Wildman–Crippen MR) is 187 cm³/mol. The zero-order chi connectivity index (χ0) is 32.1. The van der Waals surface area contributed by atoms with Gasteiger partial charge in [-0.15, -0.1) is 29.3 Å². The molecule has 0 amide bonds. The molecular formula is C41H50IrNO2-. The van der Waals surface area contributed by atoms with Crippen molar-refractivity contribution < 1.29 is 30.0 Å². The monoisotopic (exact) mass is 781 g/mol. The van der Waals surface area contributed by atoms with Crippen molar-refractivity contribution in [2.75, 3.05) is 0 Å². The molecule has 0 aliphatic heterocycles. The van der Waals surface area contributed by atoms with Gasteiger partial charge in [0.25, 0.3) is 0 Å². The number of aliphatic hydroxyl groups excluding tert-OH is 1. The van der Waals surface area contributed by atoms with Crippen LogP contribution in [0.25, 0.3) is 44.3 Å². The van der Waals surface area contributed by atoms with Crippen molar-refractivity contribution in [3.63, 3.8) is 0 Å². The van der Waals surface area contributed by atoms with E-state index in [9.17, 15) is 9.90 Å². The van der Waals surface area contributed by atoms with Crippen LogP contribution in [0.5, 0.6) is 0 Å². The number of allylic oxidation sites excluding steroid dienone is 2. The van der Waals surface area contributed by atoms with E-state index in [4.69, 9.17) is 4.98 Å². The Balaban J connectivity index is 0.000000338. The van der Waals surface area contributed by atoms with Crippen molar-refractivity contribution >= 4 is 16.6 Å². The van der Waals surface area contributed by atoms with Crippen LogP contribution in [0.15, 0.2) is 66.6 Å². The van der Waals surface area contributed by atoms with E-state index in [1.807, 2.05) is 33.9 Å². The summed E-state index contributed by atoms with van der Waals surface area (Å²) in [6.07, 6.45) is 6.59. The van der Waals surface area contributed by atoms with E-state index < -0.39 is 0 Å². The molecule has 1 radical (unpaired) electrons. The maximum absolute atomic E-state index is 11.2. The maximum atomic E-state index is 11.2. The number of aliphatic hydroxyl groups is 1. The van der Waals surface area contributed by atoms with E-state index in [2.05, 4.69) is 89.2 Å². The van der Waals surface area contributed by atoms with Crippen molar-refractivity contribution in [2.45, 2.75) is 88.0 Å². The van der Waals surface area contributed by atoms with E-state index in [-0.39, 0.29) is 31.6 Å². The number of rotatable bonds is 9. The second-order valence-corrected chi connectivity index (χ2v) is 14.2. The summed E-state index contributed by atoms with van der Waals surface area (Å²) < 4.78 is 0. The molecule has 5 rings (SSSR count). The van der Waals surface area contributed by atoms with Gasteiger partial charge in [-0.2, -0.15) is 0 Å². The van der Waals surface area contributed by atoms with Crippen LogP contribution in [0, 0.1) is 36.7 Å². The molecule has 4 aromatic rings. The molecule has 0 bridgehead atoms. The Bertz CT molecular complexity index is 1660. The Morgan fingerprint density at radius 3 is 2.07 bits per heavy atom. The first-order valence-electron chi connectivity index (χ1n) is 16.3. The molecule has 241 valence electrons. The molecule has 1 aromatic heterocycles. The van der Waals surface area contributed by atoms with Crippen molar-refractivity contribution in [1.29, 1.82) is 0 Å². The summed E-state index contributed by atoms with van der Waals surface area (Å²) in [6.45, 7) is 19.3. The average molecular weight is 781 g/mol. The molecule has 0 fully saturated rings. The molecule has 4 heteroatoms. The van der Waals surface area contributed by atoms with Crippen LogP contribution in [0.3, 0.4) is 0 Å². The maximum Gasteiger partial charge on any atom is 0.159 e. The van der Waals surface area contributed by atoms with E-state index in [1.54, 1.807) is 0 Å². The molecule has 1 N–H and O–H groups in total. The van der Waals surface area contributed by atoms with Gasteiger partial charge in [-0.1, -0.05) is 104 Å². The van der Waals surface area contributed by atoms with Gasteiger partial charge >= 0.3 is 0 Å². The average Bonchev–Trinajstić information content (AvgIpc) is 3.01. The van der Waals surface area contributed by atoms with Gasteiger partial charge in [-0.25, -0.2) is 0 Å². The first kappa shape index (κ1) is 36.4. The quantitative estimate of drug-likeness (QED) is 0.0921. The largest absolute Gasteiger partial charge is 0.512 e. The number of hydrogen-bond acceptors (Lipinski definition) is 3.